The van der Waals surface area contributed by atoms with Gasteiger partial charge in [0.2, 0.25) is 0 Å². The SMILES string of the molecule is CCN1CCN(c2cc(NC3CCS(=O)(=O)C3)ncn2)CC1. The Morgan fingerprint density at radius 3 is 2.68 bits per heavy atom. The highest BCUT2D eigenvalue weighted by Crippen LogP contribution is 2.20. The second kappa shape index (κ2) is 6.37. The summed E-state index contributed by atoms with van der Waals surface area (Å²) >= 11 is 0. The van der Waals surface area contributed by atoms with Crippen LogP contribution in [0.4, 0.5) is 11.6 Å². The van der Waals surface area contributed by atoms with Gasteiger partial charge in [-0.3, -0.25) is 0 Å². The first kappa shape index (κ1) is 15.5. The lowest BCUT2D eigenvalue weighted by molar-refractivity contribution is 0.270. The van der Waals surface area contributed by atoms with Crippen LogP contribution in [0.5, 0.6) is 0 Å². The molecule has 22 heavy (non-hydrogen) atoms. The lowest BCUT2D eigenvalue weighted by Crippen LogP contribution is -2.46. The summed E-state index contributed by atoms with van der Waals surface area (Å²) in [6, 6.07) is 1.89. The molecule has 1 aromatic rings. The molecule has 1 unspecified atom stereocenters. The first-order valence-electron chi connectivity index (χ1n) is 7.82. The highest BCUT2D eigenvalue weighted by Gasteiger charge is 2.28. The topological polar surface area (TPSA) is 78.4 Å². The van der Waals surface area contributed by atoms with Crippen LogP contribution < -0.4 is 10.2 Å². The lowest BCUT2D eigenvalue weighted by atomic mass is 10.2. The van der Waals surface area contributed by atoms with Gasteiger partial charge >= 0.3 is 0 Å². The molecule has 8 heteroatoms. The highest BCUT2D eigenvalue weighted by molar-refractivity contribution is 7.91. The maximum Gasteiger partial charge on any atom is 0.152 e. The molecule has 0 aliphatic carbocycles. The molecular weight excluding hydrogens is 302 g/mol. The number of aromatic nitrogens is 2. The molecule has 2 fully saturated rings. The average Bonchev–Trinajstić information content (AvgIpc) is 2.86. The zero-order valence-corrected chi connectivity index (χ0v) is 13.7. The summed E-state index contributed by atoms with van der Waals surface area (Å²) in [5.74, 6) is 2.09. The van der Waals surface area contributed by atoms with Gasteiger partial charge in [-0.25, -0.2) is 18.4 Å². The van der Waals surface area contributed by atoms with Crippen molar-refractivity contribution in [2.45, 2.75) is 19.4 Å². The van der Waals surface area contributed by atoms with Crippen LogP contribution in [-0.2, 0) is 9.84 Å². The van der Waals surface area contributed by atoms with E-state index in [4.69, 9.17) is 0 Å². The molecule has 1 N–H and O–H groups in total. The number of hydrogen-bond acceptors (Lipinski definition) is 7. The van der Waals surface area contributed by atoms with Gasteiger partial charge in [0.15, 0.2) is 9.84 Å². The van der Waals surface area contributed by atoms with Crippen molar-refractivity contribution in [3.63, 3.8) is 0 Å². The van der Waals surface area contributed by atoms with Gasteiger partial charge < -0.3 is 15.1 Å². The summed E-state index contributed by atoms with van der Waals surface area (Å²) in [6.07, 6.45) is 2.20. The van der Waals surface area contributed by atoms with Crippen LogP contribution in [0.3, 0.4) is 0 Å². The van der Waals surface area contributed by atoms with Crippen LogP contribution in [0.15, 0.2) is 12.4 Å². The maximum atomic E-state index is 11.5. The maximum absolute atomic E-state index is 11.5. The van der Waals surface area contributed by atoms with Crippen molar-refractivity contribution in [2.24, 2.45) is 0 Å². The van der Waals surface area contributed by atoms with E-state index in [0.29, 0.717) is 12.2 Å². The highest BCUT2D eigenvalue weighted by atomic mass is 32.2. The standard InChI is InChI=1S/C14H23N5O2S/c1-2-18-4-6-19(7-5-18)14-9-13(15-11-16-14)17-12-3-8-22(20,21)10-12/h9,11-12H,2-8,10H2,1H3,(H,15,16,17). The fourth-order valence-corrected chi connectivity index (χ4v) is 4.68. The van der Waals surface area contributed by atoms with E-state index in [1.807, 2.05) is 6.07 Å². The second-order valence-corrected chi connectivity index (χ2v) is 8.16. The van der Waals surface area contributed by atoms with Gasteiger partial charge in [-0.05, 0) is 13.0 Å². The van der Waals surface area contributed by atoms with Crippen molar-refractivity contribution >= 4 is 21.5 Å². The molecule has 122 valence electrons. The molecule has 3 heterocycles. The summed E-state index contributed by atoms with van der Waals surface area (Å²) < 4.78 is 23.0. The third-order valence-electron chi connectivity index (χ3n) is 4.38. The zero-order chi connectivity index (χ0) is 15.6. The molecule has 1 aromatic heterocycles. The van der Waals surface area contributed by atoms with Crippen molar-refractivity contribution in [3.8, 4) is 0 Å². The van der Waals surface area contributed by atoms with Gasteiger partial charge in [0.1, 0.15) is 18.0 Å². The van der Waals surface area contributed by atoms with Gasteiger partial charge in [-0.15, -0.1) is 0 Å². The molecule has 0 amide bonds. The molecule has 1 atom stereocenters. The molecular formula is C14H23N5O2S. The fraction of sp³-hybridized carbons (Fsp3) is 0.714. The van der Waals surface area contributed by atoms with Crippen LogP contribution in [0.2, 0.25) is 0 Å². The number of piperazine rings is 1. The van der Waals surface area contributed by atoms with E-state index in [0.717, 1.165) is 38.5 Å². The van der Waals surface area contributed by atoms with Crippen molar-refractivity contribution < 1.29 is 8.42 Å². The van der Waals surface area contributed by atoms with E-state index in [-0.39, 0.29) is 17.5 Å². The third kappa shape index (κ3) is 3.67. The van der Waals surface area contributed by atoms with Crippen LogP contribution in [0.25, 0.3) is 0 Å². The molecule has 0 saturated carbocycles. The Morgan fingerprint density at radius 2 is 2.05 bits per heavy atom. The molecule has 0 aromatic carbocycles. The van der Waals surface area contributed by atoms with E-state index < -0.39 is 9.84 Å². The zero-order valence-electron chi connectivity index (χ0n) is 12.9. The molecule has 2 saturated heterocycles. The predicted octanol–water partition coefficient (Wildman–Crippen LogP) is 0.218. The fourth-order valence-electron chi connectivity index (χ4n) is 3.01. The van der Waals surface area contributed by atoms with Gasteiger partial charge in [0.05, 0.1) is 11.5 Å². The van der Waals surface area contributed by atoms with E-state index in [2.05, 4.69) is 32.0 Å². The van der Waals surface area contributed by atoms with Gasteiger partial charge in [-0.1, -0.05) is 6.92 Å². The summed E-state index contributed by atoms with van der Waals surface area (Å²) in [5.41, 5.74) is 0. The van der Waals surface area contributed by atoms with Gasteiger partial charge in [-0.2, -0.15) is 0 Å². The smallest absolute Gasteiger partial charge is 0.152 e. The number of sulfone groups is 1. The minimum Gasteiger partial charge on any atom is -0.366 e. The van der Waals surface area contributed by atoms with E-state index in [9.17, 15) is 8.42 Å². The van der Waals surface area contributed by atoms with Gasteiger partial charge in [0, 0.05) is 38.3 Å². The molecule has 2 aliphatic rings. The van der Waals surface area contributed by atoms with Crippen LogP contribution in [-0.4, -0.2) is 73.6 Å². The largest absolute Gasteiger partial charge is 0.366 e. The number of hydrogen-bond donors (Lipinski definition) is 1. The normalized spacial score (nSPS) is 25.3. The molecule has 0 bridgehead atoms. The van der Waals surface area contributed by atoms with Crippen molar-refractivity contribution in [1.29, 1.82) is 0 Å². The van der Waals surface area contributed by atoms with Crippen molar-refractivity contribution in [2.75, 3.05) is 54.4 Å². The summed E-state index contributed by atoms with van der Waals surface area (Å²) in [5, 5.41) is 3.23. The number of anilines is 2. The summed E-state index contributed by atoms with van der Waals surface area (Å²) in [7, 11) is -2.88. The lowest BCUT2D eigenvalue weighted by Gasteiger charge is -2.34. The Labute approximate surface area is 131 Å². The third-order valence-corrected chi connectivity index (χ3v) is 6.15. The Balaban J connectivity index is 1.63. The van der Waals surface area contributed by atoms with Crippen molar-refractivity contribution in [1.82, 2.24) is 14.9 Å². The summed E-state index contributed by atoms with van der Waals surface area (Å²) in [6.45, 7) is 7.27. The van der Waals surface area contributed by atoms with Crippen molar-refractivity contribution in [3.05, 3.63) is 12.4 Å². The quantitative estimate of drug-likeness (QED) is 0.848. The first-order chi connectivity index (χ1) is 10.6. The van der Waals surface area contributed by atoms with E-state index in [1.165, 1.54) is 0 Å². The minimum absolute atomic E-state index is 0.0373. The molecule has 0 spiro atoms. The van der Waals surface area contributed by atoms with Crippen LogP contribution >= 0.6 is 0 Å². The van der Waals surface area contributed by atoms with Crippen LogP contribution in [0.1, 0.15) is 13.3 Å². The molecule has 0 radical (unpaired) electrons. The number of rotatable bonds is 4. The minimum atomic E-state index is -2.88. The Bertz CT molecular complexity index is 613. The van der Waals surface area contributed by atoms with Gasteiger partial charge in [0.25, 0.3) is 0 Å². The summed E-state index contributed by atoms with van der Waals surface area (Å²) in [4.78, 5) is 13.2. The Kier molecular flexibility index (Phi) is 4.49. The number of nitrogens with one attached hydrogen (secondary N) is 1. The van der Waals surface area contributed by atoms with E-state index in [1.54, 1.807) is 6.33 Å². The van der Waals surface area contributed by atoms with E-state index >= 15 is 0 Å². The number of nitrogens with zero attached hydrogens (tertiary/aromatic N) is 4. The van der Waals surface area contributed by atoms with Crippen LogP contribution in [0, 0.1) is 0 Å². The molecule has 2 aliphatic heterocycles. The first-order valence-corrected chi connectivity index (χ1v) is 9.64. The predicted molar refractivity (Wildman–Crippen MR) is 87.0 cm³/mol. The Hall–Kier alpha value is -1.41. The average molecular weight is 325 g/mol. The second-order valence-electron chi connectivity index (χ2n) is 5.93. The monoisotopic (exact) mass is 325 g/mol. The number of likely N-dealkylation sites (N-methyl/N-ethyl adjacent to an activating group) is 1. The molecule has 3 rings (SSSR count). The molecule has 7 nitrogen and oxygen atoms in total. The Morgan fingerprint density at radius 1 is 1.27 bits per heavy atom.